The summed E-state index contributed by atoms with van der Waals surface area (Å²) in [4.78, 5) is 13.3. The third-order valence-electron chi connectivity index (χ3n) is 3.12. The minimum absolute atomic E-state index is 0.00173. The van der Waals surface area contributed by atoms with Gasteiger partial charge in [0.15, 0.2) is 23.9 Å². The van der Waals surface area contributed by atoms with Gasteiger partial charge in [0, 0.05) is 10.5 Å². The van der Waals surface area contributed by atoms with Crippen LogP contribution in [0.15, 0.2) is 47.4 Å². The van der Waals surface area contributed by atoms with Crippen LogP contribution in [0.25, 0.3) is 0 Å². The first kappa shape index (κ1) is 13.8. The molecule has 0 bridgehead atoms. The van der Waals surface area contributed by atoms with Crippen LogP contribution < -0.4 is 14.2 Å². The second-order valence-corrected chi connectivity index (χ2v) is 5.34. The van der Waals surface area contributed by atoms with Crippen LogP contribution in [0.1, 0.15) is 10.4 Å². The van der Waals surface area contributed by atoms with Crippen molar-refractivity contribution >= 4 is 17.5 Å². The summed E-state index contributed by atoms with van der Waals surface area (Å²) in [7, 11) is 0. The van der Waals surface area contributed by atoms with Crippen LogP contribution >= 0.6 is 11.8 Å². The van der Waals surface area contributed by atoms with E-state index in [0.717, 1.165) is 4.90 Å². The van der Waals surface area contributed by atoms with Crippen molar-refractivity contribution in [1.82, 2.24) is 0 Å². The van der Waals surface area contributed by atoms with Crippen molar-refractivity contribution in [1.29, 1.82) is 0 Å². The molecular weight excluding hydrogens is 288 g/mol. The van der Waals surface area contributed by atoms with Gasteiger partial charge in [-0.25, -0.2) is 0 Å². The highest BCUT2D eigenvalue weighted by Crippen LogP contribution is 2.32. The second kappa shape index (κ2) is 6.10. The predicted molar refractivity (Wildman–Crippen MR) is 80.6 cm³/mol. The molecule has 0 atom stereocenters. The topological polar surface area (TPSA) is 44.8 Å². The number of rotatable bonds is 5. The SMILES string of the molecule is CSc1ccc(OCC(=O)c2ccc3c(c2)OCO3)cc1. The lowest BCUT2D eigenvalue weighted by Crippen LogP contribution is -2.11. The Morgan fingerprint density at radius 3 is 2.67 bits per heavy atom. The molecule has 2 aromatic carbocycles. The van der Waals surface area contributed by atoms with Crippen molar-refractivity contribution in [2.45, 2.75) is 4.90 Å². The fourth-order valence-corrected chi connectivity index (χ4v) is 2.38. The first-order valence-electron chi connectivity index (χ1n) is 6.46. The van der Waals surface area contributed by atoms with E-state index < -0.39 is 0 Å². The van der Waals surface area contributed by atoms with Crippen LogP contribution in [0, 0.1) is 0 Å². The van der Waals surface area contributed by atoms with Crippen molar-refractivity contribution in [3.8, 4) is 17.2 Å². The zero-order valence-corrected chi connectivity index (χ0v) is 12.3. The maximum absolute atomic E-state index is 12.1. The highest BCUT2D eigenvalue weighted by Gasteiger charge is 2.16. The molecule has 0 spiro atoms. The first-order chi connectivity index (χ1) is 10.3. The summed E-state index contributed by atoms with van der Waals surface area (Å²) in [5, 5.41) is 0. The van der Waals surface area contributed by atoms with Gasteiger partial charge in [-0.1, -0.05) is 0 Å². The highest BCUT2D eigenvalue weighted by molar-refractivity contribution is 7.98. The Morgan fingerprint density at radius 2 is 1.90 bits per heavy atom. The van der Waals surface area contributed by atoms with E-state index in [0.29, 0.717) is 22.8 Å². The summed E-state index contributed by atoms with van der Waals surface area (Å²) >= 11 is 1.66. The van der Waals surface area contributed by atoms with E-state index in [1.54, 1.807) is 30.0 Å². The molecule has 21 heavy (non-hydrogen) atoms. The lowest BCUT2D eigenvalue weighted by atomic mass is 10.1. The molecule has 0 N–H and O–H groups in total. The molecule has 108 valence electrons. The van der Waals surface area contributed by atoms with E-state index in [1.807, 2.05) is 30.5 Å². The van der Waals surface area contributed by atoms with Gasteiger partial charge in [0.1, 0.15) is 5.75 Å². The van der Waals surface area contributed by atoms with Gasteiger partial charge in [0.05, 0.1) is 0 Å². The first-order valence-corrected chi connectivity index (χ1v) is 7.68. The number of ether oxygens (including phenoxy) is 3. The lowest BCUT2D eigenvalue weighted by molar-refractivity contribution is 0.0921. The second-order valence-electron chi connectivity index (χ2n) is 4.46. The normalized spacial score (nSPS) is 12.2. The third-order valence-corrected chi connectivity index (χ3v) is 3.87. The van der Waals surface area contributed by atoms with Gasteiger partial charge < -0.3 is 14.2 Å². The van der Waals surface area contributed by atoms with Gasteiger partial charge >= 0.3 is 0 Å². The Bertz CT molecular complexity index is 652. The maximum atomic E-state index is 12.1. The molecule has 1 heterocycles. The number of thioether (sulfide) groups is 1. The van der Waals surface area contributed by atoms with E-state index in [1.165, 1.54) is 0 Å². The molecule has 1 aliphatic heterocycles. The number of carbonyl (C=O) groups excluding carboxylic acids is 1. The summed E-state index contributed by atoms with van der Waals surface area (Å²) in [5.74, 6) is 1.86. The molecule has 2 aromatic rings. The van der Waals surface area contributed by atoms with Gasteiger partial charge in [-0.15, -0.1) is 11.8 Å². The monoisotopic (exact) mass is 302 g/mol. The quantitative estimate of drug-likeness (QED) is 0.625. The fraction of sp³-hybridized carbons (Fsp3) is 0.188. The Hall–Kier alpha value is -2.14. The third kappa shape index (κ3) is 3.13. The van der Waals surface area contributed by atoms with E-state index >= 15 is 0 Å². The van der Waals surface area contributed by atoms with Crippen molar-refractivity contribution in [2.75, 3.05) is 19.7 Å². The summed E-state index contributed by atoms with van der Waals surface area (Å²) in [6.07, 6.45) is 2.01. The molecule has 0 unspecified atom stereocenters. The number of Topliss-reactive ketones (excluding diaryl/α,β-unsaturated/α-hetero) is 1. The Morgan fingerprint density at radius 1 is 1.14 bits per heavy atom. The largest absolute Gasteiger partial charge is 0.485 e. The number of carbonyl (C=O) groups is 1. The van der Waals surface area contributed by atoms with Crippen molar-refractivity contribution in [3.63, 3.8) is 0 Å². The number of benzene rings is 2. The molecule has 0 aliphatic carbocycles. The van der Waals surface area contributed by atoms with Crippen LogP contribution in [0.3, 0.4) is 0 Å². The van der Waals surface area contributed by atoms with Gasteiger partial charge in [-0.3, -0.25) is 4.79 Å². The zero-order valence-electron chi connectivity index (χ0n) is 11.5. The highest BCUT2D eigenvalue weighted by atomic mass is 32.2. The summed E-state index contributed by atoms with van der Waals surface area (Å²) in [5.41, 5.74) is 0.556. The molecular formula is C16H14O4S. The van der Waals surface area contributed by atoms with Gasteiger partial charge in [0.2, 0.25) is 6.79 Å². The van der Waals surface area contributed by atoms with Gasteiger partial charge in [0.25, 0.3) is 0 Å². The predicted octanol–water partition coefficient (Wildman–Crippen LogP) is 3.40. The van der Waals surface area contributed by atoms with Crippen molar-refractivity contribution < 1.29 is 19.0 Å². The van der Waals surface area contributed by atoms with Crippen molar-refractivity contribution in [3.05, 3.63) is 48.0 Å². The van der Waals surface area contributed by atoms with Crippen LogP contribution in [-0.4, -0.2) is 25.4 Å². The number of hydrogen-bond acceptors (Lipinski definition) is 5. The van der Waals surface area contributed by atoms with E-state index in [4.69, 9.17) is 14.2 Å². The maximum Gasteiger partial charge on any atom is 0.231 e. The lowest BCUT2D eigenvalue weighted by Gasteiger charge is -2.06. The standard InChI is InChI=1S/C16H14O4S/c1-21-13-5-3-12(4-6-13)18-9-14(17)11-2-7-15-16(8-11)20-10-19-15/h2-8H,9-10H2,1H3. The Labute approximate surface area is 127 Å². The number of ketones is 1. The van der Waals surface area contributed by atoms with E-state index in [-0.39, 0.29) is 19.2 Å². The van der Waals surface area contributed by atoms with Crippen LogP contribution in [0.2, 0.25) is 0 Å². The molecule has 0 amide bonds. The van der Waals surface area contributed by atoms with E-state index in [9.17, 15) is 4.79 Å². The molecule has 0 saturated carbocycles. The van der Waals surface area contributed by atoms with Crippen LogP contribution in [0.5, 0.6) is 17.2 Å². The molecule has 4 nitrogen and oxygen atoms in total. The zero-order chi connectivity index (χ0) is 14.7. The average molecular weight is 302 g/mol. The molecule has 5 heteroatoms. The van der Waals surface area contributed by atoms with Crippen LogP contribution in [0.4, 0.5) is 0 Å². The smallest absolute Gasteiger partial charge is 0.231 e. The van der Waals surface area contributed by atoms with E-state index in [2.05, 4.69) is 0 Å². The van der Waals surface area contributed by atoms with Gasteiger partial charge in [-0.05, 0) is 48.7 Å². The van der Waals surface area contributed by atoms with Gasteiger partial charge in [-0.2, -0.15) is 0 Å². The van der Waals surface area contributed by atoms with Crippen LogP contribution in [-0.2, 0) is 0 Å². The minimum Gasteiger partial charge on any atom is -0.485 e. The number of fused-ring (bicyclic) bond motifs is 1. The molecule has 0 aromatic heterocycles. The molecule has 0 fully saturated rings. The van der Waals surface area contributed by atoms with Crippen molar-refractivity contribution in [2.24, 2.45) is 0 Å². The minimum atomic E-state index is -0.0951. The molecule has 0 saturated heterocycles. The molecule has 1 aliphatic rings. The Balaban J connectivity index is 1.63. The molecule has 0 radical (unpaired) electrons. The summed E-state index contributed by atoms with van der Waals surface area (Å²) < 4.78 is 16.0. The Kier molecular flexibility index (Phi) is 4.01. The molecule has 3 rings (SSSR count). The average Bonchev–Trinajstić information content (AvgIpc) is 3.00. The fourth-order valence-electron chi connectivity index (χ4n) is 1.97. The summed E-state index contributed by atoms with van der Waals surface area (Å²) in [6.45, 7) is 0.198. The number of hydrogen-bond donors (Lipinski definition) is 0. The summed E-state index contributed by atoms with van der Waals surface area (Å²) in [6, 6.07) is 12.8.